The molecule has 2 heterocycles. The lowest BCUT2D eigenvalue weighted by Gasteiger charge is -2.15. The molecule has 0 saturated heterocycles. The van der Waals surface area contributed by atoms with Crippen molar-refractivity contribution in [1.29, 1.82) is 0 Å². The van der Waals surface area contributed by atoms with Gasteiger partial charge in [0.25, 0.3) is 0 Å². The van der Waals surface area contributed by atoms with Crippen molar-refractivity contribution in [3.05, 3.63) is 28.6 Å². The minimum absolute atomic E-state index is 0.0943. The van der Waals surface area contributed by atoms with E-state index < -0.39 is 0 Å². The van der Waals surface area contributed by atoms with Crippen LogP contribution in [-0.4, -0.2) is 41.2 Å². The van der Waals surface area contributed by atoms with Crippen molar-refractivity contribution >= 4 is 12.2 Å². The number of hydrogen-bond acceptors (Lipinski definition) is 5. The number of aliphatic hydroxyl groups excluding tert-OH is 1. The van der Waals surface area contributed by atoms with Crippen molar-refractivity contribution in [1.82, 2.24) is 29.0 Å². The van der Waals surface area contributed by atoms with E-state index in [0.29, 0.717) is 17.3 Å². The van der Waals surface area contributed by atoms with Gasteiger partial charge in [-0.2, -0.15) is 10.2 Å². The Morgan fingerprint density at radius 1 is 1.43 bits per heavy atom. The van der Waals surface area contributed by atoms with Gasteiger partial charge in [-0.15, -0.1) is 0 Å². The maximum atomic E-state index is 9.39. The number of nitrogens with zero attached hydrogens (tertiary/aromatic N) is 6. The number of aromatic nitrogens is 5. The maximum absolute atomic E-state index is 9.39. The Bertz CT molecular complexity index is 643. The molecule has 7 nitrogen and oxygen atoms in total. The monoisotopic (exact) mass is 310 g/mol. The molecule has 1 N–H and O–H groups in total. The fourth-order valence-corrected chi connectivity index (χ4v) is 2.58. The zero-order chi connectivity index (χ0) is 15.4. The average molecular weight is 310 g/mol. The molecule has 8 heteroatoms. The van der Waals surface area contributed by atoms with E-state index in [2.05, 4.69) is 22.0 Å². The molecule has 0 bridgehead atoms. The molecule has 0 aromatic carbocycles. The van der Waals surface area contributed by atoms with Gasteiger partial charge in [-0.25, -0.2) is 4.68 Å². The second-order valence-electron chi connectivity index (χ2n) is 5.19. The second-order valence-corrected chi connectivity index (χ2v) is 5.55. The Labute approximate surface area is 129 Å². The van der Waals surface area contributed by atoms with Crippen molar-refractivity contribution < 1.29 is 5.11 Å². The molecule has 0 amide bonds. The molecule has 0 fully saturated rings. The van der Waals surface area contributed by atoms with Gasteiger partial charge in [0.15, 0.2) is 10.6 Å². The van der Waals surface area contributed by atoms with E-state index in [4.69, 9.17) is 12.2 Å². The summed E-state index contributed by atoms with van der Waals surface area (Å²) in [6.45, 7) is 4.11. The predicted octanol–water partition coefficient (Wildman–Crippen LogP) is 1.14. The first-order chi connectivity index (χ1) is 10.0. The number of hydrogen-bond donors (Lipinski definition) is 1. The van der Waals surface area contributed by atoms with Crippen LogP contribution in [0.1, 0.15) is 24.7 Å². The third-order valence-corrected chi connectivity index (χ3v) is 3.61. The van der Waals surface area contributed by atoms with Crippen molar-refractivity contribution in [3.8, 4) is 0 Å². The smallest absolute Gasteiger partial charge is 0.199 e. The Hall–Kier alpha value is -1.51. The van der Waals surface area contributed by atoms with Crippen LogP contribution in [0.25, 0.3) is 0 Å². The van der Waals surface area contributed by atoms with E-state index in [1.165, 1.54) is 0 Å². The van der Waals surface area contributed by atoms with Gasteiger partial charge in [0, 0.05) is 31.9 Å². The highest BCUT2D eigenvalue weighted by Gasteiger charge is 2.11. The molecule has 0 radical (unpaired) electrons. The fraction of sp³-hybridized carbons (Fsp3) is 0.615. The Morgan fingerprint density at radius 2 is 2.19 bits per heavy atom. The summed E-state index contributed by atoms with van der Waals surface area (Å²) < 4.78 is 6.09. The summed E-state index contributed by atoms with van der Waals surface area (Å²) in [6.07, 6.45) is 4.80. The zero-order valence-electron chi connectivity index (χ0n) is 12.7. The van der Waals surface area contributed by atoms with Gasteiger partial charge in [0.2, 0.25) is 0 Å². The van der Waals surface area contributed by atoms with Crippen LogP contribution in [0.2, 0.25) is 0 Å². The molecular weight excluding hydrogens is 288 g/mol. The number of aliphatic hydroxyl groups is 1. The topological polar surface area (TPSA) is 64.0 Å². The lowest BCUT2D eigenvalue weighted by molar-refractivity contribution is 0.238. The maximum Gasteiger partial charge on any atom is 0.199 e. The summed E-state index contributed by atoms with van der Waals surface area (Å²) >= 11 is 5.44. The molecule has 116 valence electrons. The van der Waals surface area contributed by atoms with E-state index in [9.17, 15) is 5.11 Å². The molecule has 0 aliphatic carbocycles. The molecule has 21 heavy (non-hydrogen) atoms. The molecule has 0 atom stereocenters. The van der Waals surface area contributed by atoms with Crippen LogP contribution in [0, 0.1) is 4.77 Å². The van der Waals surface area contributed by atoms with E-state index in [1.807, 2.05) is 31.1 Å². The van der Waals surface area contributed by atoms with Crippen molar-refractivity contribution in [3.63, 3.8) is 0 Å². The summed E-state index contributed by atoms with van der Waals surface area (Å²) in [6, 6.07) is 0. The number of rotatable bonds is 7. The molecule has 0 spiro atoms. The van der Waals surface area contributed by atoms with Gasteiger partial charge in [-0.1, -0.05) is 6.92 Å². The van der Waals surface area contributed by atoms with E-state index >= 15 is 0 Å². The molecule has 2 aromatic rings. The highest BCUT2D eigenvalue weighted by molar-refractivity contribution is 7.71. The van der Waals surface area contributed by atoms with Crippen LogP contribution in [0.4, 0.5) is 0 Å². The highest BCUT2D eigenvalue weighted by Crippen LogP contribution is 2.07. The summed E-state index contributed by atoms with van der Waals surface area (Å²) in [5.74, 6) is 0.622. The molecule has 2 rings (SSSR count). The fourth-order valence-electron chi connectivity index (χ4n) is 2.29. The van der Waals surface area contributed by atoms with Gasteiger partial charge in [0.05, 0.1) is 12.9 Å². The normalized spacial score (nSPS) is 11.5. The van der Waals surface area contributed by atoms with Crippen LogP contribution in [-0.2, 0) is 33.4 Å². The molecule has 0 saturated carbocycles. The Balaban J connectivity index is 2.10. The summed E-state index contributed by atoms with van der Waals surface area (Å²) in [7, 11) is 3.91. The van der Waals surface area contributed by atoms with Crippen molar-refractivity contribution in [2.75, 3.05) is 7.05 Å². The van der Waals surface area contributed by atoms with Crippen molar-refractivity contribution in [2.45, 2.75) is 39.7 Å². The Morgan fingerprint density at radius 3 is 2.76 bits per heavy atom. The highest BCUT2D eigenvalue weighted by atomic mass is 32.1. The second kappa shape index (κ2) is 6.97. The van der Waals surface area contributed by atoms with Crippen LogP contribution < -0.4 is 0 Å². The SMILES string of the molecule is CCCn1c(CO)nn(CN(C)Cc2cnn(C)c2)c1=S. The zero-order valence-corrected chi connectivity index (χ0v) is 13.5. The third kappa shape index (κ3) is 3.78. The van der Waals surface area contributed by atoms with Gasteiger partial charge >= 0.3 is 0 Å². The summed E-state index contributed by atoms with van der Waals surface area (Å²) in [4.78, 5) is 2.11. The quantitative estimate of drug-likeness (QED) is 0.777. The van der Waals surface area contributed by atoms with Crippen LogP contribution >= 0.6 is 12.2 Å². The summed E-state index contributed by atoms with van der Waals surface area (Å²) in [5, 5.41) is 17.9. The number of aryl methyl sites for hydroxylation is 1. The standard InChI is InChI=1S/C13H22N6OS/c1-4-5-18-12(9-20)15-19(13(18)21)10-16(2)7-11-6-14-17(3)8-11/h6,8,20H,4-5,7,9-10H2,1-3H3. The van der Waals surface area contributed by atoms with Crippen molar-refractivity contribution in [2.24, 2.45) is 7.05 Å². The molecular formula is C13H22N6OS. The van der Waals surface area contributed by atoms with Gasteiger partial charge in [-0.3, -0.25) is 9.58 Å². The first-order valence-electron chi connectivity index (χ1n) is 6.98. The van der Waals surface area contributed by atoms with Crippen LogP contribution in [0.5, 0.6) is 0 Å². The molecule has 2 aromatic heterocycles. The first kappa shape index (κ1) is 15.9. The van der Waals surface area contributed by atoms with Gasteiger partial charge < -0.3 is 9.67 Å². The predicted molar refractivity (Wildman–Crippen MR) is 81.9 cm³/mol. The van der Waals surface area contributed by atoms with E-state index in [1.54, 1.807) is 9.36 Å². The average Bonchev–Trinajstić information content (AvgIpc) is 2.97. The van der Waals surface area contributed by atoms with Gasteiger partial charge in [0.1, 0.15) is 6.61 Å². The molecule has 0 aliphatic rings. The van der Waals surface area contributed by atoms with E-state index in [0.717, 1.165) is 25.1 Å². The molecule has 0 aliphatic heterocycles. The van der Waals surface area contributed by atoms with E-state index in [-0.39, 0.29) is 6.61 Å². The minimum Gasteiger partial charge on any atom is -0.388 e. The lowest BCUT2D eigenvalue weighted by atomic mass is 10.3. The van der Waals surface area contributed by atoms with Crippen LogP contribution in [0.3, 0.4) is 0 Å². The van der Waals surface area contributed by atoms with Gasteiger partial charge in [-0.05, 0) is 25.7 Å². The Kier molecular flexibility index (Phi) is 5.27. The first-order valence-corrected chi connectivity index (χ1v) is 7.39. The minimum atomic E-state index is -0.0943. The largest absolute Gasteiger partial charge is 0.388 e. The third-order valence-electron chi connectivity index (χ3n) is 3.17. The lowest BCUT2D eigenvalue weighted by Crippen LogP contribution is -2.22. The summed E-state index contributed by atoms with van der Waals surface area (Å²) in [5.41, 5.74) is 1.14. The van der Waals surface area contributed by atoms with Crippen LogP contribution in [0.15, 0.2) is 12.4 Å². The molecule has 0 unspecified atom stereocenters.